The standard InChI is InChI=1S/C29H35N3O5S/c1-6-26(29(34)30-4)31(19-23-11-10-12-24(18-23)37-5)28(33)20-32(27-16-15-21(2)17-22(27)3)38(35,36)25-13-8-7-9-14-25/h7-18,26H,6,19-20H2,1-5H3,(H,30,34)/t26-/m0/s1. The van der Waals surface area contributed by atoms with E-state index in [4.69, 9.17) is 4.74 Å². The average Bonchev–Trinajstić information content (AvgIpc) is 2.92. The molecule has 3 rings (SSSR count). The normalized spacial score (nSPS) is 11.9. The molecule has 0 fully saturated rings. The second kappa shape index (κ2) is 12.6. The van der Waals surface area contributed by atoms with Crippen molar-refractivity contribution in [1.82, 2.24) is 10.2 Å². The van der Waals surface area contributed by atoms with Crippen LogP contribution in [-0.4, -0.2) is 51.9 Å². The van der Waals surface area contributed by atoms with E-state index in [0.717, 1.165) is 21.0 Å². The average molecular weight is 538 g/mol. The fourth-order valence-electron chi connectivity index (χ4n) is 4.37. The number of methoxy groups -OCH3 is 1. The van der Waals surface area contributed by atoms with Gasteiger partial charge in [0.2, 0.25) is 11.8 Å². The third-order valence-electron chi connectivity index (χ3n) is 6.35. The number of anilines is 1. The van der Waals surface area contributed by atoms with E-state index in [9.17, 15) is 18.0 Å². The van der Waals surface area contributed by atoms with Gasteiger partial charge in [0.15, 0.2) is 0 Å². The molecule has 202 valence electrons. The van der Waals surface area contributed by atoms with Crippen LogP contribution in [0.25, 0.3) is 0 Å². The molecule has 0 aromatic heterocycles. The summed E-state index contributed by atoms with van der Waals surface area (Å²) in [5.41, 5.74) is 2.85. The minimum Gasteiger partial charge on any atom is -0.497 e. The molecule has 2 amide bonds. The van der Waals surface area contributed by atoms with Crippen molar-refractivity contribution in [3.63, 3.8) is 0 Å². The molecule has 0 aliphatic heterocycles. The van der Waals surface area contributed by atoms with Crippen molar-refractivity contribution < 1.29 is 22.7 Å². The number of hydrogen-bond donors (Lipinski definition) is 1. The Morgan fingerprint density at radius 1 is 0.974 bits per heavy atom. The topological polar surface area (TPSA) is 96.0 Å². The number of nitrogens with zero attached hydrogens (tertiary/aromatic N) is 2. The van der Waals surface area contributed by atoms with E-state index in [1.54, 1.807) is 49.6 Å². The Morgan fingerprint density at radius 3 is 2.29 bits per heavy atom. The highest BCUT2D eigenvalue weighted by atomic mass is 32.2. The fraction of sp³-hybridized carbons (Fsp3) is 0.310. The number of benzene rings is 3. The Kier molecular flexibility index (Phi) is 9.52. The highest BCUT2D eigenvalue weighted by Crippen LogP contribution is 2.28. The van der Waals surface area contributed by atoms with Gasteiger partial charge in [-0.15, -0.1) is 0 Å². The molecule has 0 heterocycles. The van der Waals surface area contributed by atoms with Crippen molar-refractivity contribution in [2.75, 3.05) is 25.0 Å². The number of aryl methyl sites for hydroxylation is 2. The molecule has 0 spiro atoms. The fourth-order valence-corrected chi connectivity index (χ4v) is 5.87. The van der Waals surface area contributed by atoms with Gasteiger partial charge in [-0.25, -0.2) is 8.42 Å². The zero-order valence-corrected chi connectivity index (χ0v) is 23.3. The maximum atomic E-state index is 14.0. The molecule has 1 atom stereocenters. The molecule has 0 aliphatic carbocycles. The highest BCUT2D eigenvalue weighted by Gasteiger charge is 2.33. The molecule has 3 aromatic carbocycles. The first-order chi connectivity index (χ1) is 18.1. The summed E-state index contributed by atoms with van der Waals surface area (Å²) < 4.78 is 34.2. The first-order valence-electron chi connectivity index (χ1n) is 12.4. The van der Waals surface area contributed by atoms with Crippen molar-refractivity contribution in [2.24, 2.45) is 0 Å². The van der Waals surface area contributed by atoms with E-state index in [1.807, 2.05) is 39.0 Å². The van der Waals surface area contributed by atoms with E-state index >= 15 is 0 Å². The number of nitrogens with one attached hydrogen (secondary N) is 1. The number of likely N-dealkylation sites (N-methyl/N-ethyl adjacent to an activating group) is 1. The SMILES string of the molecule is CC[C@@H](C(=O)NC)N(Cc1cccc(OC)c1)C(=O)CN(c1ccc(C)cc1C)S(=O)(=O)c1ccccc1. The maximum Gasteiger partial charge on any atom is 0.264 e. The van der Waals surface area contributed by atoms with Gasteiger partial charge in [-0.1, -0.05) is 55.0 Å². The molecule has 1 N–H and O–H groups in total. The molecule has 38 heavy (non-hydrogen) atoms. The van der Waals surface area contributed by atoms with Crippen LogP contribution in [0.2, 0.25) is 0 Å². The van der Waals surface area contributed by atoms with Crippen LogP contribution in [0.3, 0.4) is 0 Å². The van der Waals surface area contributed by atoms with Gasteiger partial charge in [0.25, 0.3) is 10.0 Å². The van der Waals surface area contributed by atoms with E-state index in [1.165, 1.54) is 24.1 Å². The molecule has 0 aliphatic rings. The Balaban J connectivity index is 2.09. The molecule has 8 nitrogen and oxygen atoms in total. The van der Waals surface area contributed by atoms with Crippen molar-refractivity contribution in [3.05, 3.63) is 89.5 Å². The van der Waals surface area contributed by atoms with Crippen molar-refractivity contribution >= 4 is 27.5 Å². The summed E-state index contributed by atoms with van der Waals surface area (Å²) in [6, 6.07) is 19.9. The van der Waals surface area contributed by atoms with Crippen LogP contribution in [0.1, 0.15) is 30.0 Å². The van der Waals surface area contributed by atoms with Crippen LogP contribution in [-0.2, 0) is 26.2 Å². The minimum absolute atomic E-state index is 0.0745. The van der Waals surface area contributed by atoms with Crippen LogP contribution >= 0.6 is 0 Å². The largest absolute Gasteiger partial charge is 0.497 e. The predicted octanol–water partition coefficient (Wildman–Crippen LogP) is 4.06. The summed E-state index contributed by atoms with van der Waals surface area (Å²) >= 11 is 0. The number of hydrogen-bond acceptors (Lipinski definition) is 5. The van der Waals surface area contributed by atoms with E-state index in [0.29, 0.717) is 17.9 Å². The number of carbonyl (C=O) groups is 2. The van der Waals surface area contributed by atoms with Gasteiger partial charge in [0.1, 0.15) is 18.3 Å². The summed E-state index contributed by atoms with van der Waals surface area (Å²) in [6.07, 6.45) is 0.352. The van der Waals surface area contributed by atoms with Crippen LogP contribution in [0.15, 0.2) is 77.7 Å². The molecule has 0 radical (unpaired) electrons. The van der Waals surface area contributed by atoms with Gasteiger partial charge in [-0.2, -0.15) is 0 Å². The maximum absolute atomic E-state index is 14.0. The van der Waals surface area contributed by atoms with Gasteiger partial charge in [0, 0.05) is 13.6 Å². The van der Waals surface area contributed by atoms with E-state index in [2.05, 4.69) is 5.32 Å². The lowest BCUT2D eigenvalue weighted by Crippen LogP contribution is -2.51. The van der Waals surface area contributed by atoms with Gasteiger partial charge in [-0.3, -0.25) is 13.9 Å². The van der Waals surface area contributed by atoms with Crippen LogP contribution < -0.4 is 14.4 Å². The Hall–Kier alpha value is -3.85. The van der Waals surface area contributed by atoms with Crippen molar-refractivity contribution in [3.8, 4) is 5.75 Å². The van der Waals surface area contributed by atoms with Crippen LogP contribution in [0.4, 0.5) is 5.69 Å². The Labute approximate surface area is 225 Å². The lowest BCUT2D eigenvalue weighted by atomic mass is 10.1. The molecule has 0 saturated carbocycles. The molecule has 0 bridgehead atoms. The van der Waals surface area contributed by atoms with Gasteiger partial charge in [-0.05, 0) is 61.7 Å². The van der Waals surface area contributed by atoms with Gasteiger partial charge in [0.05, 0.1) is 17.7 Å². The summed E-state index contributed by atoms with van der Waals surface area (Å²) in [6.45, 7) is 5.18. The van der Waals surface area contributed by atoms with Crippen LogP contribution in [0, 0.1) is 13.8 Å². The summed E-state index contributed by atoms with van der Waals surface area (Å²) in [4.78, 5) is 28.3. The third-order valence-corrected chi connectivity index (χ3v) is 8.12. The monoisotopic (exact) mass is 537 g/mol. The molecular formula is C29H35N3O5S. The molecule has 0 unspecified atom stereocenters. The molecule has 9 heteroatoms. The van der Waals surface area contributed by atoms with Crippen molar-refractivity contribution in [2.45, 2.75) is 44.7 Å². The summed E-state index contributed by atoms with van der Waals surface area (Å²) in [5.74, 6) is -0.207. The first-order valence-corrected chi connectivity index (χ1v) is 13.8. The van der Waals surface area contributed by atoms with Gasteiger partial charge < -0.3 is 15.0 Å². The number of rotatable bonds is 11. The highest BCUT2D eigenvalue weighted by molar-refractivity contribution is 7.92. The lowest BCUT2D eigenvalue weighted by Gasteiger charge is -2.33. The number of carbonyl (C=O) groups excluding carboxylic acids is 2. The number of amides is 2. The number of sulfonamides is 1. The van der Waals surface area contributed by atoms with Crippen molar-refractivity contribution in [1.29, 1.82) is 0 Å². The zero-order chi connectivity index (χ0) is 27.9. The lowest BCUT2D eigenvalue weighted by molar-refractivity contribution is -0.140. The minimum atomic E-state index is -4.09. The second-order valence-electron chi connectivity index (χ2n) is 9.03. The van der Waals surface area contributed by atoms with Crippen LogP contribution in [0.5, 0.6) is 5.75 Å². The Bertz CT molecular complexity index is 1380. The summed E-state index contributed by atoms with van der Waals surface area (Å²) in [5, 5.41) is 2.63. The van der Waals surface area contributed by atoms with E-state index in [-0.39, 0.29) is 17.3 Å². The quantitative estimate of drug-likeness (QED) is 0.398. The summed E-state index contributed by atoms with van der Waals surface area (Å²) in [7, 11) is -1.03. The third kappa shape index (κ3) is 6.52. The second-order valence-corrected chi connectivity index (χ2v) is 10.9. The first kappa shape index (κ1) is 28.7. The Morgan fingerprint density at radius 2 is 1.68 bits per heavy atom. The zero-order valence-electron chi connectivity index (χ0n) is 22.5. The molecule has 3 aromatic rings. The smallest absolute Gasteiger partial charge is 0.264 e. The molecule has 0 saturated heterocycles. The predicted molar refractivity (Wildman–Crippen MR) is 149 cm³/mol. The van der Waals surface area contributed by atoms with Gasteiger partial charge >= 0.3 is 0 Å². The van der Waals surface area contributed by atoms with E-state index < -0.39 is 28.5 Å². The number of ether oxygens (including phenoxy) is 1. The molecular weight excluding hydrogens is 502 g/mol.